The summed E-state index contributed by atoms with van der Waals surface area (Å²) in [5.41, 5.74) is 6.57. The first-order chi connectivity index (χ1) is 15.5. The van der Waals surface area contributed by atoms with Gasteiger partial charge in [0.15, 0.2) is 0 Å². The van der Waals surface area contributed by atoms with E-state index in [-0.39, 0.29) is 24.5 Å². The quantitative estimate of drug-likeness (QED) is 0.232. The number of hydrogen-bond donors (Lipinski definition) is 6. The molecule has 4 atom stereocenters. The summed E-state index contributed by atoms with van der Waals surface area (Å²) in [5.74, 6) is -2.47. The Morgan fingerprint density at radius 2 is 1.52 bits per heavy atom. The highest BCUT2D eigenvalue weighted by Crippen LogP contribution is 2.12. The van der Waals surface area contributed by atoms with Crippen molar-refractivity contribution in [1.29, 1.82) is 0 Å². The standard InChI is InChI=1S/C22H34N4O6S/c1-12(2)18(23)21(30)26-17(11-14-5-7-15(27)8-6-14)20(29)24-13(3)19(28)25-16(22(31)32)9-10-33-4/h5-8,12-13,16-18,27H,9-11,23H2,1-4H3,(H,24,29)(H,25,28)(H,26,30)(H,31,32). The average Bonchev–Trinajstić information content (AvgIpc) is 2.76. The van der Waals surface area contributed by atoms with E-state index < -0.39 is 47.9 Å². The predicted octanol–water partition coefficient (Wildman–Crippen LogP) is 0.230. The Morgan fingerprint density at radius 3 is 2.03 bits per heavy atom. The Bertz CT molecular complexity index is 818. The van der Waals surface area contributed by atoms with E-state index in [1.54, 1.807) is 26.0 Å². The van der Waals surface area contributed by atoms with E-state index in [9.17, 15) is 29.4 Å². The molecule has 4 unspecified atom stereocenters. The van der Waals surface area contributed by atoms with Crippen molar-refractivity contribution < 1.29 is 29.4 Å². The van der Waals surface area contributed by atoms with Crippen LogP contribution in [0.15, 0.2) is 24.3 Å². The van der Waals surface area contributed by atoms with Crippen LogP contribution in [-0.4, -0.2) is 70.1 Å². The number of hydrogen-bond acceptors (Lipinski definition) is 7. The zero-order chi connectivity index (χ0) is 25.1. The number of benzene rings is 1. The minimum atomic E-state index is -1.16. The van der Waals surface area contributed by atoms with Crippen LogP contribution in [0.1, 0.15) is 32.8 Å². The van der Waals surface area contributed by atoms with Crippen molar-refractivity contribution in [3.8, 4) is 5.75 Å². The van der Waals surface area contributed by atoms with Crippen molar-refractivity contribution in [3.05, 3.63) is 29.8 Å². The molecule has 33 heavy (non-hydrogen) atoms. The predicted molar refractivity (Wildman–Crippen MR) is 127 cm³/mol. The number of carbonyl (C=O) groups excluding carboxylic acids is 3. The van der Waals surface area contributed by atoms with E-state index in [4.69, 9.17) is 5.73 Å². The van der Waals surface area contributed by atoms with Crippen LogP contribution in [-0.2, 0) is 25.6 Å². The van der Waals surface area contributed by atoms with E-state index in [1.807, 2.05) is 6.26 Å². The Morgan fingerprint density at radius 1 is 0.939 bits per heavy atom. The Kier molecular flexibility index (Phi) is 11.7. The highest BCUT2D eigenvalue weighted by Gasteiger charge is 2.29. The van der Waals surface area contributed by atoms with Gasteiger partial charge in [-0.1, -0.05) is 26.0 Å². The topological polar surface area (TPSA) is 171 Å². The highest BCUT2D eigenvalue weighted by molar-refractivity contribution is 7.98. The molecule has 1 aromatic rings. The molecule has 0 radical (unpaired) electrons. The van der Waals surface area contributed by atoms with Crippen LogP contribution >= 0.6 is 11.8 Å². The van der Waals surface area contributed by atoms with Gasteiger partial charge in [0, 0.05) is 6.42 Å². The number of carboxylic acids is 1. The molecule has 0 aliphatic heterocycles. The molecule has 0 spiro atoms. The molecule has 0 bridgehead atoms. The first-order valence-electron chi connectivity index (χ1n) is 10.6. The molecular formula is C22H34N4O6S. The van der Waals surface area contributed by atoms with Gasteiger partial charge in [0.2, 0.25) is 17.7 Å². The third-order valence-corrected chi connectivity index (χ3v) is 5.65. The fourth-order valence-electron chi connectivity index (χ4n) is 2.82. The van der Waals surface area contributed by atoms with Crippen molar-refractivity contribution in [2.45, 2.75) is 57.8 Å². The van der Waals surface area contributed by atoms with E-state index in [2.05, 4.69) is 16.0 Å². The smallest absolute Gasteiger partial charge is 0.326 e. The number of phenolic OH excluding ortho intramolecular Hbond substituents is 1. The molecule has 7 N–H and O–H groups in total. The molecule has 184 valence electrons. The lowest BCUT2D eigenvalue weighted by Gasteiger charge is -2.24. The summed E-state index contributed by atoms with van der Waals surface area (Å²) in [7, 11) is 0. The summed E-state index contributed by atoms with van der Waals surface area (Å²) in [6, 6.07) is 2.19. The third kappa shape index (κ3) is 9.70. The highest BCUT2D eigenvalue weighted by atomic mass is 32.2. The maximum Gasteiger partial charge on any atom is 0.326 e. The summed E-state index contributed by atoms with van der Waals surface area (Å²) in [5, 5.41) is 26.3. The number of nitrogens with one attached hydrogen (secondary N) is 3. The number of aliphatic carboxylic acids is 1. The van der Waals surface area contributed by atoms with Crippen LogP contribution in [0.5, 0.6) is 5.75 Å². The van der Waals surface area contributed by atoms with Crippen LogP contribution in [0.2, 0.25) is 0 Å². The van der Waals surface area contributed by atoms with Gasteiger partial charge in [-0.3, -0.25) is 14.4 Å². The largest absolute Gasteiger partial charge is 0.508 e. The zero-order valence-corrected chi connectivity index (χ0v) is 20.1. The molecule has 1 rings (SSSR count). The fourth-order valence-corrected chi connectivity index (χ4v) is 3.29. The number of carbonyl (C=O) groups is 4. The molecular weight excluding hydrogens is 448 g/mol. The second kappa shape index (κ2) is 13.7. The summed E-state index contributed by atoms with van der Waals surface area (Å²) in [6.07, 6.45) is 2.18. The third-order valence-electron chi connectivity index (χ3n) is 5.01. The maximum absolute atomic E-state index is 12.9. The minimum absolute atomic E-state index is 0.0605. The monoisotopic (exact) mass is 482 g/mol. The second-order valence-corrected chi connectivity index (χ2v) is 9.10. The van der Waals surface area contributed by atoms with Crippen molar-refractivity contribution in [2.75, 3.05) is 12.0 Å². The molecule has 0 fully saturated rings. The minimum Gasteiger partial charge on any atom is -0.508 e. The van der Waals surface area contributed by atoms with Crippen molar-refractivity contribution in [2.24, 2.45) is 11.7 Å². The van der Waals surface area contributed by atoms with Crippen LogP contribution in [0.25, 0.3) is 0 Å². The number of rotatable bonds is 13. The van der Waals surface area contributed by atoms with Gasteiger partial charge in [0.05, 0.1) is 6.04 Å². The summed E-state index contributed by atoms with van der Waals surface area (Å²) in [4.78, 5) is 49.3. The lowest BCUT2D eigenvalue weighted by atomic mass is 10.0. The lowest BCUT2D eigenvalue weighted by molar-refractivity contribution is -0.142. The van der Waals surface area contributed by atoms with Crippen molar-refractivity contribution in [1.82, 2.24) is 16.0 Å². The number of aromatic hydroxyl groups is 1. The molecule has 0 aromatic heterocycles. The van der Waals surface area contributed by atoms with Gasteiger partial charge >= 0.3 is 5.97 Å². The van der Waals surface area contributed by atoms with Crippen molar-refractivity contribution >= 4 is 35.5 Å². The fraction of sp³-hybridized carbons (Fsp3) is 0.545. The van der Waals surface area contributed by atoms with Crippen LogP contribution in [0.4, 0.5) is 0 Å². The number of phenols is 1. The Labute approximate surface area is 198 Å². The molecule has 3 amide bonds. The van der Waals surface area contributed by atoms with Gasteiger partial charge in [-0.25, -0.2) is 4.79 Å². The number of nitrogens with two attached hydrogens (primary N) is 1. The average molecular weight is 483 g/mol. The normalized spacial score (nSPS) is 14.6. The molecule has 0 aliphatic rings. The zero-order valence-electron chi connectivity index (χ0n) is 19.3. The molecule has 0 saturated heterocycles. The number of amides is 3. The van der Waals surface area contributed by atoms with E-state index in [0.717, 1.165) is 0 Å². The van der Waals surface area contributed by atoms with Crippen LogP contribution < -0.4 is 21.7 Å². The van der Waals surface area contributed by atoms with Crippen LogP contribution in [0.3, 0.4) is 0 Å². The van der Waals surface area contributed by atoms with E-state index in [0.29, 0.717) is 11.3 Å². The molecule has 0 aliphatic carbocycles. The summed E-state index contributed by atoms with van der Waals surface area (Å²) in [6.45, 7) is 4.99. The first kappa shape index (κ1) is 28.2. The SMILES string of the molecule is CSCCC(NC(=O)C(C)NC(=O)C(Cc1ccc(O)cc1)NC(=O)C(N)C(C)C)C(=O)O. The van der Waals surface area contributed by atoms with Gasteiger partial charge < -0.3 is 31.9 Å². The van der Waals surface area contributed by atoms with Crippen molar-refractivity contribution in [3.63, 3.8) is 0 Å². The molecule has 1 aromatic carbocycles. The first-order valence-corrected chi connectivity index (χ1v) is 12.0. The Hall–Kier alpha value is -2.79. The summed E-state index contributed by atoms with van der Waals surface area (Å²) < 4.78 is 0. The van der Waals surface area contributed by atoms with Gasteiger partial charge in [0.1, 0.15) is 23.9 Å². The van der Waals surface area contributed by atoms with E-state index >= 15 is 0 Å². The lowest BCUT2D eigenvalue weighted by Crippen LogP contribution is -2.57. The van der Waals surface area contributed by atoms with Gasteiger partial charge in [0.25, 0.3) is 0 Å². The molecule has 11 heteroatoms. The van der Waals surface area contributed by atoms with Gasteiger partial charge in [-0.15, -0.1) is 0 Å². The summed E-state index contributed by atoms with van der Waals surface area (Å²) >= 11 is 1.46. The van der Waals surface area contributed by atoms with Gasteiger partial charge in [-0.05, 0) is 49.0 Å². The number of thioether (sulfide) groups is 1. The molecule has 0 saturated carbocycles. The van der Waals surface area contributed by atoms with Gasteiger partial charge in [-0.2, -0.15) is 11.8 Å². The van der Waals surface area contributed by atoms with Crippen LogP contribution in [0, 0.1) is 5.92 Å². The number of carboxylic acid groups (broad SMARTS) is 1. The molecule has 10 nitrogen and oxygen atoms in total. The maximum atomic E-state index is 12.9. The molecule has 0 heterocycles. The second-order valence-electron chi connectivity index (χ2n) is 8.11. The van der Waals surface area contributed by atoms with E-state index in [1.165, 1.54) is 30.8 Å². The Balaban J connectivity index is 2.91.